The van der Waals surface area contributed by atoms with Gasteiger partial charge in [-0.25, -0.2) is 0 Å². The average Bonchev–Trinajstić information content (AvgIpc) is 3.11. The molecular formula is C20H22N2O4S. The minimum absolute atomic E-state index is 0.131. The maximum atomic E-state index is 6.26. The van der Waals surface area contributed by atoms with Gasteiger partial charge in [-0.15, -0.1) is 11.3 Å². The van der Waals surface area contributed by atoms with Crippen molar-refractivity contribution < 1.29 is 18.9 Å². The maximum absolute atomic E-state index is 6.26. The Balaban J connectivity index is 1.73. The molecule has 1 unspecified atom stereocenters. The summed E-state index contributed by atoms with van der Waals surface area (Å²) in [5, 5.41) is 1.05. The molecule has 3 aromatic rings. The molecule has 6 nitrogen and oxygen atoms in total. The van der Waals surface area contributed by atoms with E-state index in [4.69, 9.17) is 18.9 Å². The van der Waals surface area contributed by atoms with Gasteiger partial charge in [-0.2, -0.15) is 9.97 Å². The first-order valence-electron chi connectivity index (χ1n) is 9.02. The Morgan fingerprint density at radius 2 is 1.89 bits per heavy atom. The van der Waals surface area contributed by atoms with E-state index in [9.17, 15) is 0 Å². The lowest BCUT2D eigenvalue weighted by atomic mass is 10.1. The summed E-state index contributed by atoms with van der Waals surface area (Å²) in [5.74, 6) is 2.23. The van der Waals surface area contributed by atoms with Crippen LogP contribution in [0.1, 0.15) is 19.3 Å². The Bertz CT molecular complexity index is 899. The molecule has 0 saturated carbocycles. The highest BCUT2D eigenvalue weighted by Crippen LogP contribution is 2.44. The standard InChI is InChI=1S/C20H22N2O4S/c1-23-16-11-17(24-2)22-20(21-16)19-18(14-8-3-4-9-15(14)27-19)26-12-13-7-5-6-10-25-13/h3-4,8-9,11,13H,5-7,10,12H2,1-2H3. The van der Waals surface area contributed by atoms with Crippen LogP contribution in [0.15, 0.2) is 30.3 Å². The summed E-state index contributed by atoms with van der Waals surface area (Å²) in [7, 11) is 3.16. The van der Waals surface area contributed by atoms with Crippen LogP contribution in [-0.2, 0) is 4.74 Å². The lowest BCUT2D eigenvalue weighted by Crippen LogP contribution is -2.25. The molecule has 0 spiro atoms. The first-order valence-corrected chi connectivity index (χ1v) is 9.83. The zero-order valence-corrected chi connectivity index (χ0v) is 16.3. The van der Waals surface area contributed by atoms with Crippen LogP contribution in [0.25, 0.3) is 20.8 Å². The van der Waals surface area contributed by atoms with Crippen molar-refractivity contribution in [2.45, 2.75) is 25.4 Å². The normalized spacial score (nSPS) is 17.0. The van der Waals surface area contributed by atoms with E-state index in [0.29, 0.717) is 24.2 Å². The summed E-state index contributed by atoms with van der Waals surface area (Å²) in [6.07, 6.45) is 3.47. The van der Waals surface area contributed by atoms with Gasteiger partial charge in [0.25, 0.3) is 0 Å². The van der Waals surface area contributed by atoms with Gasteiger partial charge in [-0.1, -0.05) is 12.1 Å². The number of hydrogen-bond acceptors (Lipinski definition) is 7. The molecule has 4 rings (SSSR count). The highest BCUT2D eigenvalue weighted by atomic mass is 32.1. The van der Waals surface area contributed by atoms with Gasteiger partial charge in [-0.05, 0) is 31.4 Å². The first-order chi connectivity index (χ1) is 13.3. The highest BCUT2D eigenvalue weighted by Gasteiger charge is 2.21. The third-order valence-electron chi connectivity index (χ3n) is 4.54. The molecular weight excluding hydrogens is 364 g/mol. The molecule has 1 saturated heterocycles. The quantitative estimate of drug-likeness (QED) is 0.629. The molecule has 0 N–H and O–H groups in total. The Morgan fingerprint density at radius 1 is 1.11 bits per heavy atom. The molecule has 27 heavy (non-hydrogen) atoms. The van der Waals surface area contributed by atoms with Gasteiger partial charge in [0.2, 0.25) is 11.8 Å². The number of methoxy groups -OCH3 is 2. The molecule has 7 heteroatoms. The van der Waals surface area contributed by atoms with E-state index in [1.54, 1.807) is 31.6 Å². The molecule has 1 aromatic carbocycles. The number of rotatable bonds is 6. The minimum atomic E-state index is 0.131. The fraction of sp³-hybridized carbons (Fsp3) is 0.400. The van der Waals surface area contributed by atoms with Crippen LogP contribution in [0.2, 0.25) is 0 Å². The number of benzene rings is 1. The largest absolute Gasteiger partial charge is 0.489 e. The van der Waals surface area contributed by atoms with Crippen LogP contribution in [0, 0.1) is 0 Å². The van der Waals surface area contributed by atoms with Crippen LogP contribution in [0.4, 0.5) is 0 Å². The fourth-order valence-electron chi connectivity index (χ4n) is 3.14. The third-order valence-corrected chi connectivity index (χ3v) is 5.69. The molecule has 0 aliphatic carbocycles. The van der Waals surface area contributed by atoms with E-state index >= 15 is 0 Å². The van der Waals surface area contributed by atoms with Crippen LogP contribution >= 0.6 is 11.3 Å². The molecule has 1 aliphatic rings. The molecule has 0 radical (unpaired) electrons. The topological polar surface area (TPSA) is 62.7 Å². The smallest absolute Gasteiger partial charge is 0.220 e. The zero-order valence-electron chi connectivity index (χ0n) is 15.4. The van der Waals surface area contributed by atoms with Gasteiger partial charge in [-0.3, -0.25) is 0 Å². The number of nitrogens with zero attached hydrogens (tertiary/aromatic N) is 2. The summed E-state index contributed by atoms with van der Waals surface area (Å²) in [6.45, 7) is 1.33. The number of hydrogen-bond donors (Lipinski definition) is 0. The molecule has 1 aliphatic heterocycles. The Morgan fingerprint density at radius 3 is 2.59 bits per heavy atom. The second kappa shape index (κ2) is 8.10. The zero-order chi connectivity index (χ0) is 18.6. The summed E-state index contributed by atoms with van der Waals surface area (Å²) in [4.78, 5) is 9.88. The second-order valence-electron chi connectivity index (χ2n) is 6.33. The van der Waals surface area contributed by atoms with Crippen molar-refractivity contribution >= 4 is 21.4 Å². The predicted octanol–water partition coefficient (Wildman–Crippen LogP) is 4.32. The van der Waals surface area contributed by atoms with E-state index in [2.05, 4.69) is 22.1 Å². The van der Waals surface area contributed by atoms with Crippen molar-refractivity contribution in [1.82, 2.24) is 9.97 Å². The van der Waals surface area contributed by atoms with Crippen molar-refractivity contribution in [3.05, 3.63) is 30.3 Å². The van der Waals surface area contributed by atoms with E-state index in [1.165, 1.54) is 6.42 Å². The average molecular weight is 386 g/mol. The van der Waals surface area contributed by atoms with Crippen molar-refractivity contribution in [2.24, 2.45) is 0 Å². The van der Waals surface area contributed by atoms with Crippen molar-refractivity contribution in [1.29, 1.82) is 0 Å². The predicted molar refractivity (Wildman–Crippen MR) is 105 cm³/mol. The van der Waals surface area contributed by atoms with Gasteiger partial charge in [0.1, 0.15) is 17.2 Å². The molecule has 1 atom stereocenters. The summed E-state index contributed by atoms with van der Waals surface area (Å²) < 4.78 is 23.8. The van der Waals surface area contributed by atoms with Crippen LogP contribution in [0.5, 0.6) is 17.5 Å². The first kappa shape index (κ1) is 18.0. The van der Waals surface area contributed by atoms with Gasteiger partial charge in [0.15, 0.2) is 5.82 Å². The van der Waals surface area contributed by atoms with Crippen LogP contribution in [0.3, 0.4) is 0 Å². The van der Waals surface area contributed by atoms with Crippen LogP contribution < -0.4 is 14.2 Å². The highest BCUT2D eigenvalue weighted by molar-refractivity contribution is 7.22. The molecule has 142 valence electrons. The number of aromatic nitrogens is 2. The molecule has 2 aromatic heterocycles. The Hall–Kier alpha value is -2.38. The second-order valence-corrected chi connectivity index (χ2v) is 7.38. The molecule has 0 bridgehead atoms. The number of ether oxygens (including phenoxy) is 4. The van der Waals surface area contributed by atoms with Crippen LogP contribution in [-0.4, -0.2) is 43.5 Å². The summed E-state index contributed by atoms with van der Waals surface area (Å²) >= 11 is 1.60. The van der Waals surface area contributed by atoms with Gasteiger partial charge < -0.3 is 18.9 Å². The maximum Gasteiger partial charge on any atom is 0.220 e. The monoisotopic (exact) mass is 386 g/mol. The summed E-state index contributed by atoms with van der Waals surface area (Å²) in [5.41, 5.74) is 0. The van der Waals surface area contributed by atoms with E-state index in [0.717, 1.165) is 40.2 Å². The van der Waals surface area contributed by atoms with E-state index < -0.39 is 0 Å². The van der Waals surface area contributed by atoms with Crippen molar-refractivity contribution in [3.8, 4) is 28.2 Å². The van der Waals surface area contributed by atoms with E-state index in [-0.39, 0.29) is 6.10 Å². The lowest BCUT2D eigenvalue weighted by molar-refractivity contribution is -0.0106. The van der Waals surface area contributed by atoms with Gasteiger partial charge >= 0.3 is 0 Å². The number of thiophene rings is 1. The molecule has 0 amide bonds. The van der Waals surface area contributed by atoms with E-state index in [1.807, 2.05) is 12.1 Å². The Labute approximate surface area is 162 Å². The summed E-state index contributed by atoms with van der Waals surface area (Å²) in [6, 6.07) is 9.82. The Kier molecular flexibility index (Phi) is 5.40. The number of fused-ring (bicyclic) bond motifs is 1. The minimum Gasteiger partial charge on any atom is -0.489 e. The fourth-order valence-corrected chi connectivity index (χ4v) is 4.22. The van der Waals surface area contributed by atoms with Gasteiger partial charge in [0.05, 0.1) is 26.4 Å². The van der Waals surface area contributed by atoms with Crippen molar-refractivity contribution in [3.63, 3.8) is 0 Å². The van der Waals surface area contributed by atoms with Gasteiger partial charge in [0, 0.05) is 16.7 Å². The molecule has 3 heterocycles. The van der Waals surface area contributed by atoms with Crippen molar-refractivity contribution in [2.75, 3.05) is 27.4 Å². The molecule has 1 fully saturated rings. The third kappa shape index (κ3) is 3.84. The SMILES string of the molecule is COc1cc(OC)nc(-c2sc3ccccc3c2OCC2CCCCO2)n1. The lowest BCUT2D eigenvalue weighted by Gasteiger charge is -2.22.